The first-order valence-corrected chi connectivity index (χ1v) is 6.49. The van der Waals surface area contributed by atoms with Crippen LogP contribution >= 0.6 is 12.4 Å². The van der Waals surface area contributed by atoms with Crippen molar-refractivity contribution in [3.8, 4) is 11.5 Å². The third-order valence-electron chi connectivity index (χ3n) is 3.33. The first kappa shape index (κ1) is 15.2. The Morgan fingerprint density at radius 2 is 1.86 bits per heavy atom. The molecule has 0 bridgehead atoms. The van der Waals surface area contributed by atoms with Gasteiger partial charge in [-0.1, -0.05) is 6.07 Å². The molecule has 0 radical (unpaired) electrons. The predicted molar refractivity (Wildman–Crippen MR) is 90.2 cm³/mol. The van der Waals surface area contributed by atoms with Crippen LogP contribution < -0.4 is 10.6 Å². The average molecular weight is 304 g/mol. The number of benzene rings is 2. The number of oxazole rings is 1. The predicted octanol–water partition coefficient (Wildman–Crippen LogP) is 3.87. The van der Waals surface area contributed by atoms with Crippen LogP contribution in [0.4, 0.5) is 11.4 Å². The second-order valence-corrected chi connectivity index (χ2v) is 5.16. The van der Waals surface area contributed by atoms with E-state index in [1.54, 1.807) is 0 Å². The molecular weight excluding hydrogens is 286 g/mol. The molecule has 0 aliphatic rings. The lowest BCUT2D eigenvalue weighted by Crippen LogP contribution is -2.08. The zero-order valence-electron chi connectivity index (χ0n) is 12.3. The second kappa shape index (κ2) is 5.66. The van der Waals surface area contributed by atoms with Gasteiger partial charge in [-0.25, -0.2) is 4.98 Å². The Bertz CT molecular complexity index is 780. The maximum absolute atomic E-state index is 6.05. The van der Waals surface area contributed by atoms with Gasteiger partial charge in [0.25, 0.3) is 0 Å². The number of nitrogen functional groups attached to an aromatic ring is 1. The molecule has 0 atom stereocenters. The van der Waals surface area contributed by atoms with E-state index in [2.05, 4.69) is 4.98 Å². The number of nitrogens with zero attached hydrogens (tertiary/aromatic N) is 2. The van der Waals surface area contributed by atoms with E-state index in [9.17, 15) is 0 Å². The van der Waals surface area contributed by atoms with E-state index in [0.717, 1.165) is 27.9 Å². The van der Waals surface area contributed by atoms with Gasteiger partial charge in [-0.15, -0.1) is 12.4 Å². The molecule has 1 heterocycles. The first-order valence-electron chi connectivity index (χ1n) is 6.49. The number of halogens is 1. The summed E-state index contributed by atoms with van der Waals surface area (Å²) < 4.78 is 5.82. The van der Waals surface area contributed by atoms with Gasteiger partial charge in [0.15, 0.2) is 5.58 Å². The van der Waals surface area contributed by atoms with Gasteiger partial charge in [0.2, 0.25) is 5.89 Å². The number of aryl methyl sites for hydroxylation is 1. The van der Waals surface area contributed by atoms with Crippen molar-refractivity contribution < 1.29 is 4.42 Å². The Morgan fingerprint density at radius 1 is 1.10 bits per heavy atom. The molecule has 1 aromatic heterocycles. The topological polar surface area (TPSA) is 55.3 Å². The monoisotopic (exact) mass is 303 g/mol. The van der Waals surface area contributed by atoms with Crippen LogP contribution in [0.5, 0.6) is 0 Å². The quantitative estimate of drug-likeness (QED) is 0.730. The van der Waals surface area contributed by atoms with Crippen LogP contribution in [-0.4, -0.2) is 19.1 Å². The Balaban J connectivity index is 0.00000161. The van der Waals surface area contributed by atoms with E-state index in [-0.39, 0.29) is 12.4 Å². The number of fused-ring (bicyclic) bond motifs is 1. The highest BCUT2D eigenvalue weighted by Gasteiger charge is 2.12. The molecule has 2 N–H and O–H groups in total. The normalized spacial score (nSPS) is 10.4. The number of rotatable bonds is 2. The third kappa shape index (κ3) is 2.81. The number of aromatic nitrogens is 1. The smallest absolute Gasteiger partial charge is 0.229 e. The van der Waals surface area contributed by atoms with E-state index in [0.29, 0.717) is 11.6 Å². The fourth-order valence-electron chi connectivity index (χ4n) is 2.16. The highest BCUT2D eigenvalue weighted by atomic mass is 35.5. The van der Waals surface area contributed by atoms with Gasteiger partial charge in [-0.2, -0.15) is 0 Å². The van der Waals surface area contributed by atoms with E-state index < -0.39 is 0 Å². The second-order valence-electron chi connectivity index (χ2n) is 5.16. The van der Waals surface area contributed by atoms with Crippen molar-refractivity contribution in [2.24, 2.45) is 0 Å². The Labute approximate surface area is 130 Å². The Kier molecular flexibility index (Phi) is 4.09. The van der Waals surface area contributed by atoms with Crippen LogP contribution in [0, 0.1) is 6.92 Å². The molecule has 0 aliphatic heterocycles. The van der Waals surface area contributed by atoms with Crippen molar-refractivity contribution >= 4 is 34.9 Å². The summed E-state index contributed by atoms with van der Waals surface area (Å²) >= 11 is 0. The largest absolute Gasteiger partial charge is 0.436 e. The summed E-state index contributed by atoms with van der Waals surface area (Å²) in [6.07, 6.45) is 0. The van der Waals surface area contributed by atoms with Gasteiger partial charge in [0, 0.05) is 25.5 Å². The SMILES string of the molecule is Cc1ccc2oc(-c3cc(N(C)C)ccc3N)nc2c1.Cl. The molecular formula is C16H18ClN3O. The summed E-state index contributed by atoms with van der Waals surface area (Å²) in [7, 11) is 3.98. The standard InChI is InChI=1S/C16H17N3O.ClH/c1-10-4-7-15-14(8-10)18-16(20-15)12-9-11(19(2)3)5-6-13(12)17;/h4-9H,17H2,1-3H3;1H. The summed E-state index contributed by atoms with van der Waals surface area (Å²) in [5, 5.41) is 0. The number of anilines is 2. The molecule has 0 aliphatic carbocycles. The van der Waals surface area contributed by atoms with Gasteiger partial charge >= 0.3 is 0 Å². The molecule has 0 spiro atoms. The molecule has 21 heavy (non-hydrogen) atoms. The molecule has 0 saturated heterocycles. The lowest BCUT2D eigenvalue weighted by molar-refractivity contribution is 0.620. The summed E-state index contributed by atoms with van der Waals surface area (Å²) in [6, 6.07) is 11.8. The molecule has 4 nitrogen and oxygen atoms in total. The highest BCUT2D eigenvalue weighted by molar-refractivity contribution is 5.85. The van der Waals surface area contributed by atoms with Gasteiger partial charge < -0.3 is 15.1 Å². The summed E-state index contributed by atoms with van der Waals surface area (Å²) in [6.45, 7) is 2.04. The lowest BCUT2D eigenvalue weighted by atomic mass is 10.1. The maximum atomic E-state index is 6.05. The van der Waals surface area contributed by atoms with E-state index in [1.807, 2.05) is 62.3 Å². The van der Waals surface area contributed by atoms with Crippen molar-refractivity contribution in [3.05, 3.63) is 42.0 Å². The van der Waals surface area contributed by atoms with E-state index in [4.69, 9.17) is 10.2 Å². The molecule has 3 aromatic rings. The molecule has 0 amide bonds. The van der Waals surface area contributed by atoms with Crippen molar-refractivity contribution in [2.75, 3.05) is 24.7 Å². The van der Waals surface area contributed by atoms with Crippen LogP contribution in [-0.2, 0) is 0 Å². The van der Waals surface area contributed by atoms with Crippen LogP contribution in [0.3, 0.4) is 0 Å². The van der Waals surface area contributed by atoms with Crippen LogP contribution in [0.15, 0.2) is 40.8 Å². The van der Waals surface area contributed by atoms with Crippen LogP contribution in [0.2, 0.25) is 0 Å². The first-order chi connectivity index (χ1) is 9.54. The van der Waals surface area contributed by atoms with Crippen molar-refractivity contribution in [1.29, 1.82) is 0 Å². The van der Waals surface area contributed by atoms with Crippen molar-refractivity contribution in [1.82, 2.24) is 4.98 Å². The number of hydrogen-bond donors (Lipinski definition) is 1. The summed E-state index contributed by atoms with van der Waals surface area (Å²) in [5.41, 5.74) is 11.4. The minimum Gasteiger partial charge on any atom is -0.436 e. The molecule has 0 saturated carbocycles. The van der Waals surface area contributed by atoms with Crippen molar-refractivity contribution in [2.45, 2.75) is 6.92 Å². The number of nitrogens with two attached hydrogens (primary N) is 1. The molecule has 0 unspecified atom stereocenters. The molecule has 2 aromatic carbocycles. The third-order valence-corrected chi connectivity index (χ3v) is 3.33. The Morgan fingerprint density at radius 3 is 2.57 bits per heavy atom. The molecule has 5 heteroatoms. The summed E-state index contributed by atoms with van der Waals surface area (Å²) in [4.78, 5) is 6.56. The minimum atomic E-state index is 0. The van der Waals surface area contributed by atoms with E-state index >= 15 is 0 Å². The van der Waals surface area contributed by atoms with Gasteiger partial charge in [-0.3, -0.25) is 0 Å². The number of hydrogen-bond acceptors (Lipinski definition) is 4. The van der Waals surface area contributed by atoms with Crippen molar-refractivity contribution in [3.63, 3.8) is 0 Å². The van der Waals surface area contributed by atoms with Gasteiger partial charge in [-0.05, 0) is 42.8 Å². The summed E-state index contributed by atoms with van der Waals surface area (Å²) in [5.74, 6) is 0.562. The molecule has 3 rings (SSSR count). The highest BCUT2D eigenvalue weighted by Crippen LogP contribution is 2.31. The van der Waals surface area contributed by atoms with Gasteiger partial charge in [0.1, 0.15) is 5.52 Å². The van der Waals surface area contributed by atoms with Crippen LogP contribution in [0.25, 0.3) is 22.6 Å². The molecule has 110 valence electrons. The van der Waals surface area contributed by atoms with Crippen LogP contribution in [0.1, 0.15) is 5.56 Å². The average Bonchev–Trinajstić information content (AvgIpc) is 2.81. The lowest BCUT2D eigenvalue weighted by Gasteiger charge is -2.13. The fraction of sp³-hybridized carbons (Fsp3) is 0.188. The minimum absolute atomic E-state index is 0. The maximum Gasteiger partial charge on any atom is 0.229 e. The Hall–Kier alpha value is -2.20. The zero-order chi connectivity index (χ0) is 14.3. The zero-order valence-corrected chi connectivity index (χ0v) is 13.1. The van der Waals surface area contributed by atoms with E-state index in [1.165, 1.54) is 0 Å². The molecule has 0 fully saturated rings. The fourth-order valence-corrected chi connectivity index (χ4v) is 2.16. The van der Waals surface area contributed by atoms with Gasteiger partial charge in [0.05, 0.1) is 5.56 Å².